The molecule has 0 bridgehead atoms. The lowest BCUT2D eigenvalue weighted by molar-refractivity contribution is -0.146. The Kier molecular flexibility index (Phi) is 4.86. The molecule has 0 fully saturated rings. The largest absolute Gasteiger partial charge is 0.479 e. The number of carboxylic acid groups (broad SMARTS) is 1. The second-order valence-corrected chi connectivity index (χ2v) is 3.66. The van der Waals surface area contributed by atoms with Crippen molar-refractivity contribution in [1.82, 2.24) is 10.3 Å². The van der Waals surface area contributed by atoms with Crippen LogP contribution in [0.5, 0.6) is 0 Å². The highest BCUT2D eigenvalue weighted by Gasteiger charge is 2.14. The zero-order valence-corrected chi connectivity index (χ0v) is 9.52. The topological polar surface area (TPSA) is 99.5 Å². The number of nitrogens with one attached hydrogen (secondary N) is 1. The number of carbonyl (C=O) groups excluding carboxylic acids is 1. The van der Waals surface area contributed by atoms with Gasteiger partial charge in [-0.1, -0.05) is 11.6 Å². The number of rotatable bonds is 5. The Labute approximate surface area is 102 Å². The van der Waals surface area contributed by atoms with E-state index in [9.17, 15) is 9.59 Å². The quantitative estimate of drug-likeness (QED) is 0.705. The van der Waals surface area contributed by atoms with Crippen molar-refractivity contribution in [2.75, 3.05) is 6.54 Å². The standard InChI is InChI=1S/C10H11ClN2O4/c11-7-5-12-3-1-6(7)9(15)13-4-2-8(14)10(16)17/h1,3,5,8,14H,2,4H2,(H,13,15)(H,16,17). The Balaban J connectivity index is 2.46. The van der Waals surface area contributed by atoms with Crippen LogP contribution in [0.4, 0.5) is 0 Å². The Bertz CT molecular complexity index is 425. The fourth-order valence-electron chi connectivity index (χ4n) is 1.10. The minimum atomic E-state index is -1.48. The van der Waals surface area contributed by atoms with E-state index in [4.69, 9.17) is 21.8 Å². The SMILES string of the molecule is O=C(NCCC(O)C(=O)O)c1ccncc1Cl. The van der Waals surface area contributed by atoms with Gasteiger partial charge in [-0.05, 0) is 6.07 Å². The first kappa shape index (κ1) is 13.4. The summed E-state index contributed by atoms with van der Waals surface area (Å²) in [6, 6.07) is 1.45. The van der Waals surface area contributed by atoms with Gasteiger partial charge in [0.2, 0.25) is 0 Å². The molecule has 1 aromatic rings. The maximum absolute atomic E-state index is 11.6. The van der Waals surface area contributed by atoms with Gasteiger partial charge >= 0.3 is 5.97 Å². The molecule has 1 amide bonds. The van der Waals surface area contributed by atoms with Crippen molar-refractivity contribution in [3.05, 3.63) is 29.0 Å². The van der Waals surface area contributed by atoms with Crippen LogP contribution in [0.15, 0.2) is 18.5 Å². The number of carboxylic acids is 1. The lowest BCUT2D eigenvalue weighted by atomic mass is 10.2. The van der Waals surface area contributed by atoms with Crippen LogP contribution in [0, 0.1) is 0 Å². The smallest absolute Gasteiger partial charge is 0.332 e. The van der Waals surface area contributed by atoms with Crippen LogP contribution in [0.2, 0.25) is 5.02 Å². The first-order valence-corrected chi connectivity index (χ1v) is 5.18. The number of aliphatic carboxylic acids is 1. The first-order valence-electron chi connectivity index (χ1n) is 4.81. The average Bonchev–Trinajstić information content (AvgIpc) is 2.29. The number of nitrogens with zero attached hydrogens (tertiary/aromatic N) is 1. The summed E-state index contributed by atoms with van der Waals surface area (Å²) in [5.41, 5.74) is 0.256. The normalized spacial score (nSPS) is 11.9. The van der Waals surface area contributed by atoms with Gasteiger partial charge in [-0.3, -0.25) is 9.78 Å². The summed E-state index contributed by atoms with van der Waals surface area (Å²) in [6.07, 6.45) is 1.21. The number of aliphatic hydroxyl groups is 1. The molecule has 0 saturated carbocycles. The van der Waals surface area contributed by atoms with Gasteiger partial charge in [0.15, 0.2) is 6.10 Å². The Hall–Kier alpha value is -1.66. The van der Waals surface area contributed by atoms with Gasteiger partial charge < -0.3 is 15.5 Å². The summed E-state index contributed by atoms with van der Waals surface area (Å²) >= 11 is 5.74. The van der Waals surface area contributed by atoms with E-state index in [1.807, 2.05) is 0 Å². The highest BCUT2D eigenvalue weighted by atomic mass is 35.5. The number of halogens is 1. The van der Waals surface area contributed by atoms with E-state index >= 15 is 0 Å². The number of aliphatic hydroxyl groups excluding tert-OH is 1. The summed E-state index contributed by atoms with van der Waals surface area (Å²) < 4.78 is 0. The van der Waals surface area contributed by atoms with E-state index in [2.05, 4.69) is 10.3 Å². The van der Waals surface area contributed by atoms with E-state index in [0.717, 1.165) is 0 Å². The highest BCUT2D eigenvalue weighted by Crippen LogP contribution is 2.12. The van der Waals surface area contributed by atoms with Crippen molar-refractivity contribution in [1.29, 1.82) is 0 Å². The summed E-state index contributed by atoms with van der Waals surface area (Å²) in [6.45, 7) is 0.0466. The van der Waals surface area contributed by atoms with E-state index in [1.54, 1.807) is 0 Å². The molecule has 0 aromatic carbocycles. The van der Waals surface area contributed by atoms with Crippen molar-refractivity contribution in [3.8, 4) is 0 Å². The van der Waals surface area contributed by atoms with Gasteiger partial charge in [-0.2, -0.15) is 0 Å². The molecule has 0 aliphatic carbocycles. The number of carbonyl (C=O) groups is 2. The number of hydrogen-bond donors (Lipinski definition) is 3. The molecule has 1 rings (SSSR count). The number of hydrogen-bond acceptors (Lipinski definition) is 4. The molecule has 1 aromatic heterocycles. The Morgan fingerprint density at radius 3 is 2.82 bits per heavy atom. The van der Waals surface area contributed by atoms with Crippen molar-refractivity contribution < 1.29 is 19.8 Å². The van der Waals surface area contributed by atoms with Crippen LogP contribution in [-0.4, -0.2) is 39.7 Å². The van der Waals surface area contributed by atoms with Crippen LogP contribution in [0.3, 0.4) is 0 Å². The number of amides is 1. The van der Waals surface area contributed by atoms with Crippen molar-refractivity contribution in [2.24, 2.45) is 0 Å². The van der Waals surface area contributed by atoms with Crippen LogP contribution < -0.4 is 5.32 Å². The van der Waals surface area contributed by atoms with Crippen molar-refractivity contribution in [2.45, 2.75) is 12.5 Å². The highest BCUT2D eigenvalue weighted by molar-refractivity contribution is 6.33. The molecule has 1 atom stereocenters. The molecule has 0 spiro atoms. The molecule has 17 heavy (non-hydrogen) atoms. The monoisotopic (exact) mass is 258 g/mol. The molecular formula is C10H11ClN2O4. The fourth-order valence-corrected chi connectivity index (χ4v) is 1.31. The van der Waals surface area contributed by atoms with E-state index < -0.39 is 18.0 Å². The maximum Gasteiger partial charge on any atom is 0.332 e. The lowest BCUT2D eigenvalue weighted by Gasteiger charge is -2.07. The van der Waals surface area contributed by atoms with Gasteiger partial charge in [0.05, 0.1) is 10.6 Å². The first-order chi connectivity index (χ1) is 8.02. The van der Waals surface area contributed by atoms with Crippen LogP contribution >= 0.6 is 11.6 Å². The van der Waals surface area contributed by atoms with Crippen molar-refractivity contribution in [3.63, 3.8) is 0 Å². The van der Waals surface area contributed by atoms with Crippen LogP contribution in [0.25, 0.3) is 0 Å². The second kappa shape index (κ2) is 6.17. The van der Waals surface area contributed by atoms with Gasteiger partial charge in [-0.25, -0.2) is 4.79 Å². The van der Waals surface area contributed by atoms with Crippen LogP contribution in [-0.2, 0) is 4.79 Å². The Morgan fingerprint density at radius 2 is 2.24 bits per heavy atom. The van der Waals surface area contributed by atoms with E-state index in [1.165, 1.54) is 18.5 Å². The minimum Gasteiger partial charge on any atom is -0.479 e. The molecule has 6 nitrogen and oxygen atoms in total. The fraction of sp³-hybridized carbons (Fsp3) is 0.300. The third kappa shape index (κ3) is 4.01. The van der Waals surface area contributed by atoms with Gasteiger partial charge in [0.1, 0.15) is 0 Å². The lowest BCUT2D eigenvalue weighted by Crippen LogP contribution is -2.30. The molecule has 0 aliphatic rings. The summed E-state index contributed by atoms with van der Waals surface area (Å²) in [5.74, 6) is -1.75. The zero-order valence-electron chi connectivity index (χ0n) is 8.76. The average molecular weight is 259 g/mol. The van der Waals surface area contributed by atoms with Crippen LogP contribution in [0.1, 0.15) is 16.8 Å². The number of aromatic nitrogens is 1. The molecule has 92 valence electrons. The van der Waals surface area contributed by atoms with Gasteiger partial charge in [0, 0.05) is 25.4 Å². The molecular weight excluding hydrogens is 248 g/mol. The molecule has 1 heterocycles. The van der Waals surface area contributed by atoms with Gasteiger partial charge in [-0.15, -0.1) is 0 Å². The predicted octanol–water partition coefficient (Wildman–Crippen LogP) is 0.300. The third-order valence-electron chi connectivity index (χ3n) is 2.01. The molecule has 3 N–H and O–H groups in total. The van der Waals surface area contributed by atoms with E-state index in [0.29, 0.717) is 0 Å². The number of pyridine rings is 1. The van der Waals surface area contributed by atoms with Gasteiger partial charge in [0.25, 0.3) is 5.91 Å². The van der Waals surface area contributed by atoms with E-state index in [-0.39, 0.29) is 23.6 Å². The molecule has 0 saturated heterocycles. The molecule has 0 aliphatic heterocycles. The summed E-state index contributed by atoms with van der Waals surface area (Å²) in [7, 11) is 0. The minimum absolute atomic E-state index is 0.0466. The summed E-state index contributed by atoms with van der Waals surface area (Å²) in [4.78, 5) is 25.6. The zero-order chi connectivity index (χ0) is 12.8. The Morgan fingerprint density at radius 1 is 1.53 bits per heavy atom. The maximum atomic E-state index is 11.6. The molecule has 7 heteroatoms. The predicted molar refractivity (Wildman–Crippen MR) is 59.8 cm³/mol. The second-order valence-electron chi connectivity index (χ2n) is 3.25. The third-order valence-corrected chi connectivity index (χ3v) is 2.31. The molecule has 0 radical (unpaired) electrons. The van der Waals surface area contributed by atoms with Crippen molar-refractivity contribution >= 4 is 23.5 Å². The molecule has 1 unspecified atom stereocenters. The summed E-state index contributed by atoms with van der Waals surface area (Å²) in [5, 5.41) is 20.1.